The van der Waals surface area contributed by atoms with Gasteiger partial charge in [0.15, 0.2) is 0 Å². The number of aromatic hydroxyl groups is 2. The Balaban J connectivity index is 2.43. The number of thioether (sulfide) groups is 1. The maximum atomic E-state index is 11.9. The molecule has 0 saturated carbocycles. The number of benzene rings is 1. The first kappa shape index (κ1) is 15.0. The standard InChI is InChI=1S/C11H14F3NO2S/c1-7(15-2-3-18-11(12,13)14)8-4-9(16)6-10(17)5-8/h4-7,15-17H,2-3H2,1H3. The van der Waals surface area contributed by atoms with E-state index in [1.165, 1.54) is 18.2 Å². The van der Waals surface area contributed by atoms with Crippen LogP contribution in [0.2, 0.25) is 0 Å². The van der Waals surface area contributed by atoms with Gasteiger partial charge in [-0.05, 0) is 36.4 Å². The highest BCUT2D eigenvalue weighted by Crippen LogP contribution is 2.29. The fraction of sp³-hybridized carbons (Fsp3) is 0.455. The number of alkyl halides is 3. The largest absolute Gasteiger partial charge is 0.508 e. The van der Waals surface area contributed by atoms with Crippen LogP contribution in [0.25, 0.3) is 0 Å². The lowest BCUT2D eigenvalue weighted by Gasteiger charge is -2.15. The first-order valence-electron chi connectivity index (χ1n) is 5.25. The molecule has 0 amide bonds. The van der Waals surface area contributed by atoms with E-state index in [4.69, 9.17) is 0 Å². The second-order valence-corrected chi connectivity index (χ2v) is 4.91. The van der Waals surface area contributed by atoms with Gasteiger partial charge in [0.25, 0.3) is 0 Å². The van der Waals surface area contributed by atoms with Crippen LogP contribution in [0.1, 0.15) is 18.5 Å². The highest BCUT2D eigenvalue weighted by molar-refractivity contribution is 8.00. The van der Waals surface area contributed by atoms with Crippen molar-refractivity contribution in [2.45, 2.75) is 18.5 Å². The third-order valence-corrected chi connectivity index (χ3v) is 2.98. The summed E-state index contributed by atoms with van der Waals surface area (Å²) in [5.41, 5.74) is -3.60. The summed E-state index contributed by atoms with van der Waals surface area (Å²) in [7, 11) is 0. The van der Waals surface area contributed by atoms with Gasteiger partial charge in [0, 0.05) is 24.4 Å². The lowest BCUT2D eigenvalue weighted by atomic mass is 10.1. The van der Waals surface area contributed by atoms with Crippen molar-refractivity contribution < 1.29 is 23.4 Å². The number of phenols is 2. The van der Waals surface area contributed by atoms with Crippen LogP contribution in [-0.2, 0) is 0 Å². The van der Waals surface area contributed by atoms with Crippen molar-refractivity contribution in [3.63, 3.8) is 0 Å². The zero-order valence-electron chi connectivity index (χ0n) is 9.66. The molecular formula is C11H14F3NO2S. The molecule has 0 bridgehead atoms. The van der Waals surface area contributed by atoms with Crippen molar-refractivity contribution >= 4 is 11.8 Å². The fourth-order valence-corrected chi connectivity index (χ4v) is 1.88. The molecule has 0 aromatic heterocycles. The van der Waals surface area contributed by atoms with E-state index in [0.29, 0.717) is 5.56 Å². The Bertz CT molecular complexity index is 378. The van der Waals surface area contributed by atoms with Crippen molar-refractivity contribution in [2.24, 2.45) is 0 Å². The quantitative estimate of drug-likeness (QED) is 0.726. The Hall–Kier alpha value is -1.08. The average Bonchev–Trinajstić information content (AvgIpc) is 2.21. The maximum Gasteiger partial charge on any atom is 0.441 e. The summed E-state index contributed by atoms with van der Waals surface area (Å²) in [6.07, 6.45) is 0. The van der Waals surface area contributed by atoms with Gasteiger partial charge in [-0.1, -0.05) is 0 Å². The predicted octanol–water partition coefficient (Wildman–Crippen LogP) is 3.00. The molecule has 0 radical (unpaired) electrons. The zero-order valence-corrected chi connectivity index (χ0v) is 10.5. The molecule has 0 aliphatic carbocycles. The second kappa shape index (κ2) is 6.19. The van der Waals surface area contributed by atoms with Gasteiger partial charge in [-0.2, -0.15) is 13.2 Å². The minimum Gasteiger partial charge on any atom is -0.508 e. The molecule has 3 N–H and O–H groups in total. The summed E-state index contributed by atoms with van der Waals surface area (Å²) in [6, 6.07) is 3.84. The Morgan fingerprint density at radius 3 is 2.28 bits per heavy atom. The van der Waals surface area contributed by atoms with Crippen LogP contribution in [0.15, 0.2) is 18.2 Å². The number of phenolic OH excluding ortho intramolecular Hbond substituents is 2. The molecule has 0 fully saturated rings. The normalized spacial score (nSPS) is 13.6. The van der Waals surface area contributed by atoms with Crippen molar-refractivity contribution in [3.05, 3.63) is 23.8 Å². The third kappa shape index (κ3) is 5.50. The first-order chi connectivity index (χ1) is 8.28. The molecule has 18 heavy (non-hydrogen) atoms. The Morgan fingerprint density at radius 2 is 1.78 bits per heavy atom. The van der Waals surface area contributed by atoms with Crippen LogP contribution >= 0.6 is 11.8 Å². The molecule has 0 saturated heterocycles. The zero-order chi connectivity index (χ0) is 13.8. The summed E-state index contributed by atoms with van der Waals surface area (Å²) in [5.74, 6) is -0.245. The Kier molecular flexibility index (Phi) is 5.15. The molecular weight excluding hydrogens is 267 g/mol. The smallest absolute Gasteiger partial charge is 0.441 e. The van der Waals surface area contributed by atoms with Gasteiger partial charge >= 0.3 is 5.51 Å². The lowest BCUT2D eigenvalue weighted by Crippen LogP contribution is -2.22. The Labute approximate surface area is 107 Å². The molecule has 1 unspecified atom stereocenters. The number of rotatable bonds is 5. The van der Waals surface area contributed by atoms with Crippen molar-refractivity contribution in [3.8, 4) is 11.5 Å². The van der Waals surface area contributed by atoms with Crippen LogP contribution in [0, 0.1) is 0 Å². The minimum atomic E-state index is -4.21. The van der Waals surface area contributed by atoms with Gasteiger partial charge in [0.05, 0.1) is 0 Å². The van der Waals surface area contributed by atoms with E-state index in [1.807, 2.05) is 0 Å². The van der Waals surface area contributed by atoms with Crippen molar-refractivity contribution in [1.82, 2.24) is 5.32 Å². The minimum absolute atomic E-state index is 0.0803. The number of nitrogens with one attached hydrogen (secondary N) is 1. The number of hydrogen-bond acceptors (Lipinski definition) is 4. The SMILES string of the molecule is CC(NCCSC(F)(F)F)c1cc(O)cc(O)c1. The molecule has 1 rings (SSSR count). The molecule has 7 heteroatoms. The molecule has 0 spiro atoms. The second-order valence-electron chi connectivity index (χ2n) is 3.75. The molecule has 0 aliphatic rings. The highest BCUT2D eigenvalue weighted by atomic mass is 32.2. The average molecular weight is 281 g/mol. The van der Waals surface area contributed by atoms with E-state index in [9.17, 15) is 23.4 Å². The number of hydrogen-bond donors (Lipinski definition) is 3. The van der Waals surface area contributed by atoms with Crippen molar-refractivity contribution in [2.75, 3.05) is 12.3 Å². The van der Waals surface area contributed by atoms with E-state index >= 15 is 0 Å². The van der Waals surface area contributed by atoms with Gasteiger partial charge in [-0.25, -0.2) is 0 Å². The fourth-order valence-electron chi connectivity index (χ4n) is 1.43. The summed E-state index contributed by atoms with van der Waals surface area (Å²) < 4.78 is 35.6. The molecule has 3 nitrogen and oxygen atoms in total. The molecule has 1 aromatic rings. The molecule has 0 heterocycles. The highest BCUT2D eigenvalue weighted by Gasteiger charge is 2.27. The number of halogens is 3. The molecule has 0 aliphatic heterocycles. The molecule has 1 aromatic carbocycles. The van der Waals surface area contributed by atoms with E-state index in [2.05, 4.69) is 5.32 Å². The third-order valence-electron chi connectivity index (χ3n) is 2.24. The van der Waals surface area contributed by atoms with Crippen LogP contribution in [0.3, 0.4) is 0 Å². The predicted molar refractivity (Wildman–Crippen MR) is 64.7 cm³/mol. The summed E-state index contributed by atoms with van der Waals surface area (Å²) >= 11 is -0.0842. The van der Waals surface area contributed by atoms with Gasteiger partial charge in [0.1, 0.15) is 11.5 Å². The Morgan fingerprint density at radius 1 is 1.22 bits per heavy atom. The lowest BCUT2D eigenvalue weighted by molar-refractivity contribution is -0.0327. The van der Waals surface area contributed by atoms with E-state index in [-0.39, 0.29) is 41.6 Å². The van der Waals surface area contributed by atoms with E-state index < -0.39 is 5.51 Å². The summed E-state index contributed by atoms with van der Waals surface area (Å²) in [6.45, 7) is 1.92. The van der Waals surface area contributed by atoms with Gasteiger partial charge in [-0.15, -0.1) is 0 Å². The van der Waals surface area contributed by atoms with E-state index in [1.54, 1.807) is 6.92 Å². The summed E-state index contributed by atoms with van der Waals surface area (Å²) in [5, 5.41) is 21.4. The topological polar surface area (TPSA) is 52.5 Å². The van der Waals surface area contributed by atoms with Crippen LogP contribution < -0.4 is 5.32 Å². The van der Waals surface area contributed by atoms with Crippen LogP contribution in [0.5, 0.6) is 11.5 Å². The van der Waals surface area contributed by atoms with Gasteiger partial charge in [-0.3, -0.25) is 0 Å². The molecule has 102 valence electrons. The maximum absolute atomic E-state index is 11.9. The van der Waals surface area contributed by atoms with E-state index in [0.717, 1.165) is 0 Å². The molecule has 1 atom stereocenters. The monoisotopic (exact) mass is 281 g/mol. The van der Waals surface area contributed by atoms with Crippen LogP contribution in [0.4, 0.5) is 13.2 Å². The van der Waals surface area contributed by atoms with Crippen LogP contribution in [-0.4, -0.2) is 28.0 Å². The van der Waals surface area contributed by atoms with Gasteiger partial charge < -0.3 is 15.5 Å². The van der Waals surface area contributed by atoms with Crippen molar-refractivity contribution in [1.29, 1.82) is 0 Å². The van der Waals surface area contributed by atoms with Gasteiger partial charge in [0.2, 0.25) is 0 Å². The summed E-state index contributed by atoms with van der Waals surface area (Å²) in [4.78, 5) is 0. The first-order valence-corrected chi connectivity index (χ1v) is 6.23.